The van der Waals surface area contributed by atoms with Crippen LogP contribution < -0.4 is 0 Å². The van der Waals surface area contributed by atoms with E-state index in [0.29, 0.717) is 10.7 Å². The number of hydrogen-bond acceptors (Lipinski definition) is 5. The van der Waals surface area contributed by atoms with Crippen LogP contribution in [-0.2, 0) is 14.8 Å². The number of nitro groups is 1. The van der Waals surface area contributed by atoms with Crippen LogP contribution in [0.4, 0.5) is 5.69 Å². The summed E-state index contributed by atoms with van der Waals surface area (Å²) in [5, 5.41) is 19.8. The Kier molecular flexibility index (Phi) is 5.64. The van der Waals surface area contributed by atoms with Crippen LogP contribution in [0.5, 0.6) is 0 Å². The number of hydrogen-bond donors (Lipinski definition) is 1. The van der Waals surface area contributed by atoms with Crippen molar-refractivity contribution in [2.75, 3.05) is 13.1 Å². The lowest BCUT2D eigenvalue weighted by Gasteiger charge is -2.19. The molecular weight excluding hydrogens is 324 g/mol. The van der Waals surface area contributed by atoms with E-state index >= 15 is 0 Å². The second-order valence-corrected chi connectivity index (χ2v) is 6.44. The van der Waals surface area contributed by atoms with Crippen molar-refractivity contribution in [3.8, 4) is 0 Å². The largest absolute Gasteiger partial charge is 0.480 e. The number of carboxylic acids is 1. The predicted molar refractivity (Wildman–Crippen MR) is 74.8 cm³/mol. The Labute approximate surface area is 126 Å². The highest BCUT2D eigenvalue weighted by Gasteiger charge is 2.32. The number of rotatable bonds is 7. The van der Waals surface area contributed by atoms with E-state index in [1.807, 2.05) is 0 Å². The lowest BCUT2D eigenvalue weighted by molar-refractivity contribution is -0.387. The Morgan fingerprint density at radius 1 is 1.48 bits per heavy atom. The van der Waals surface area contributed by atoms with Crippen molar-refractivity contribution < 1.29 is 23.2 Å². The maximum atomic E-state index is 12.4. The number of nitrogens with zero attached hydrogens (tertiary/aromatic N) is 2. The van der Waals surface area contributed by atoms with Crippen molar-refractivity contribution in [1.82, 2.24) is 4.31 Å². The standard InChI is InChI=1S/C11H13ClN2O6S/c1-2-5-13(7-11(15)16)21(19,20)10-4-3-8(12)6-9(10)14(17)18/h3-4,6H,2,5,7H2,1H3,(H,15,16). The summed E-state index contributed by atoms with van der Waals surface area (Å²) < 4.78 is 25.5. The third kappa shape index (κ3) is 4.13. The molecule has 0 saturated carbocycles. The van der Waals surface area contributed by atoms with Crippen molar-refractivity contribution in [3.63, 3.8) is 0 Å². The zero-order valence-electron chi connectivity index (χ0n) is 11.0. The molecule has 0 fully saturated rings. The molecule has 0 heterocycles. The van der Waals surface area contributed by atoms with E-state index in [0.717, 1.165) is 12.1 Å². The predicted octanol–water partition coefficient (Wildman–Crippen LogP) is 1.73. The van der Waals surface area contributed by atoms with Gasteiger partial charge in [-0.2, -0.15) is 4.31 Å². The fourth-order valence-electron chi connectivity index (χ4n) is 1.67. The monoisotopic (exact) mass is 336 g/mol. The highest BCUT2D eigenvalue weighted by atomic mass is 35.5. The van der Waals surface area contributed by atoms with E-state index in [2.05, 4.69) is 0 Å². The van der Waals surface area contributed by atoms with Gasteiger partial charge in [0, 0.05) is 17.6 Å². The fourth-order valence-corrected chi connectivity index (χ4v) is 3.46. The molecule has 0 aromatic heterocycles. The third-order valence-electron chi connectivity index (χ3n) is 2.52. The molecule has 0 saturated heterocycles. The molecule has 10 heteroatoms. The molecule has 0 amide bonds. The molecule has 1 aromatic rings. The van der Waals surface area contributed by atoms with E-state index in [1.165, 1.54) is 6.07 Å². The Bertz CT molecular complexity index is 661. The van der Waals surface area contributed by atoms with Crippen molar-refractivity contribution in [2.45, 2.75) is 18.2 Å². The molecule has 0 aliphatic heterocycles. The van der Waals surface area contributed by atoms with Gasteiger partial charge < -0.3 is 5.11 Å². The van der Waals surface area contributed by atoms with Crippen molar-refractivity contribution in [2.24, 2.45) is 0 Å². The zero-order valence-corrected chi connectivity index (χ0v) is 12.6. The van der Waals surface area contributed by atoms with Crippen LogP contribution in [0.3, 0.4) is 0 Å². The topological polar surface area (TPSA) is 118 Å². The molecule has 0 atom stereocenters. The van der Waals surface area contributed by atoms with Gasteiger partial charge in [0.1, 0.15) is 6.54 Å². The summed E-state index contributed by atoms with van der Waals surface area (Å²) in [4.78, 5) is 20.3. The Hall–Kier alpha value is -1.71. The van der Waals surface area contributed by atoms with Crippen LogP contribution in [0.1, 0.15) is 13.3 Å². The number of carboxylic acid groups (broad SMARTS) is 1. The van der Waals surface area contributed by atoms with Gasteiger partial charge in [-0.1, -0.05) is 18.5 Å². The molecular formula is C11H13ClN2O6S. The van der Waals surface area contributed by atoms with Gasteiger partial charge in [0.2, 0.25) is 10.0 Å². The van der Waals surface area contributed by atoms with E-state index in [1.54, 1.807) is 6.92 Å². The zero-order chi connectivity index (χ0) is 16.2. The molecule has 21 heavy (non-hydrogen) atoms. The van der Waals surface area contributed by atoms with E-state index < -0.39 is 38.0 Å². The van der Waals surface area contributed by atoms with Gasteiger partial charge in [0.05, 0.1) is 4.92 Å². The second kappa shape index (κ2) is 6.83. The van der Waals surface area contributed by atoms with Crippen LogP contribution >= 0.6 is 11.6 Å². The van der Waals surface area contributed by atoms with Crippen molar-refractivity contribution >= 4 is 33.3 Å². The molecule has 1 aromatic carbocycles. The van der Waals surface area contributed by atoms with Crippen LogP contribution in [0.2, 0.25) is 5.02 Å². The Morgan fingerprint density at radius 3 is 2.57 bits per heavy atom. The lowest BCUT2D eigenvalue weighted by atomic mass is 10.3. The Morgan fingerprint density at radius 2 is 2.10 bits per heavy atom. The average molecular weight is 337 g/mol. The van der Waals surface area contributed by atoms with Crippen LogP contribution in [0.25, 0.3) is 0 Å². The van der Waals surface area contributed by atoms with Crippen molar-refractivity contribution in [1.29, 1.82) is 0 Å². The quantitative estimate of drug-likeness (QED) is 0.598. The van der Waals surface area contributed by atoms with Gasteiger partial charge in [-0.15, -0.1) is 0 Å². The van der Waals surface area contributed by atoms with E-state index in [9.17, 15) is 23.3 Å². The number of benzene rings is 1. The summed E-state index contributed by atoms with van der Waals surface area (Å²) in [6, 6.07) is 3.12. The molecule has 0 aliphatic rings. The third-order valence-corrected chi connectivity index (χ3v) is 4.65. The van der Waals surface area contributed by atoms with Gasteiger partial charge in [0.15, 0.2) is 4.90 Å². The highest BCUT2D eigenvalue weighted by molar-refractivity contribution is 7.89. The van der Waals surface area contributed by atoms with Crippen LogP contribution in [0, 0.1) is 10.1 Å². The molecule has 0 spiro atoms. The summed E-state index contributed by atoms with van der Waals surface area (Å²) in [7, 11) is -4.30. The summed E-state index contributed by atoms with van der Waals surface area (Å²) in [6.45, 7) is 0.838. The van der Waals surface area contributed by atoms with Crippen LogP contribution in [-0.4, -0.2) is 41.8 Å². The Balaban J connectivity index is 3.40. The maximum Gasteiger partial charge on any atom is 0.318 e. The smallest absolute Gasteiger partial charge is 0.318 e. The summed E-state index contributed by atoms with van der Waals surface area (Å²) in [5.74, 6) is -1.34. The first-order chi connectivity index (χ1) is 9.70. The number of nitro benzene ring substituents is 1. The molecule has 0 unspecified atom stereocenters. The van der Waals surface area contributed by atoms with Gasteiger partial charge in [-0.3, -0.25) is 14.9 Å². The molecule has 8 nitrogen and oxygen atoms in total. The summed E-state index contributed by atoms with van der Waals surface area (Å²) >= 11 is 5.63. The van der Waals surface area contributed by atoms with Gasteiger partial charge in [0.25, 0.3) is 5.69 Å². The summed E-state index contributed by atoms with van der Waals surface area (Å²) in [6.07, 6.45) is 0.369. The normalized spacial score (nSPS) is 11.6. The number of aliphatic carboxylic acids is 1. The number of halogens is 1. The SMILES string of the molecule is CCCN(CC(=O)O)S(=O)(=O)c1ccc(Cl)cc1[N+](=O)[O-]. The lowest BCUT2D eigenvalue weighted by Crippen LogP contribution is -2.36. The molecule has 116 valence electrons. The average Bonchev–Trinajstić information content (AvgIpc) is 2.37. The molecule has 0 radical (unpaired) electrons. The maximum absolute atomic E-state index is 12.4. The van der Waals surface area contributed by atoms with E-state index in [-0.39, 0.29) is 11.6 Å². The minimum Gasteiger partial charge on any atom is -0.480 e. The highest BCUT2D eigenvalue weighted by Crippen LogP contribution is 2.29. The molecule has 0 aliphatic carbocycles. The van der Waals surface area contributed by atoms with E-state index in [4.69, 9.17) is 16.7 Å². The van der Waals surface area contributed by atoms with Gasteiger partial charge in [-0.05, 0) is 18.6 Å². The van der Waals surface area contributed by atoms with Crippen LogP contribution in [0.15, 0.2) is 23.1 Å². The number of carbonyl (C=O) groups is 1. The molecule has 1 N–H and O–H groups in total. The molecule has 1 rings (SSSR count). The minimum atomic E-state index is -4.30. The van der Waals surface area contributed by atoms with Gasteiger partial charge in [-0.25, -0.2) is 8.42 Å². The summed E-state index contributed by atoms with van der Waals surface area (Å²) in [5.41, 5.74) is -0.686. The number of sulfonamides is 1. The minimum absolute atomic E-state index is 0.0147. The first kappa shape index (κ1) is 17.3. The van der Waals surface area contributed by atoms with Crippen molar-refractivity contribution in [3.05, 3.63) is 33.3 Å². The first-order valence-electron chi connectivity index (χ1n) is 5.86. The fraction of sp³-hybridized carbons (Fsp3) is 0.364. The molecule has 0 bridgehead atoms. The second-order valence-electron chi connectivity index (χ2n) is 4.10. The first-order valence-corrected chi connectivity index (χ1v) is 7.67. The van der Waals surface area contributed by atoms with Gasteiger partial charge >= 0.3 is 5.97 Å².